The number of allylic oxidation sites excluding steroid dienone is 2. The maximum atomic E-state index is 10.5. The molecular weight excluding hydrogens is 376 g/mol. The fourth-order valence-electron chi connectivity index (χ4n) is 3.01. The molecule has 0 unspecified atom stereocenters. The summed E-state index contributed by atoms with van der Waals surface area (Å²) in [4.78, 5) is 20.9. The third-order valence-corrected chi connectivity index (χ3v) is 5.19. The molecule has 4 nitrogen and oxygen atoms in total. The minimum absolute atomic E-state index is 0.471. The number of hydrogen-bond acceptors (Lipinski definition) is 2. The molecule has 2 N–H and O–H groups in total. The first-order chi connectivity index (χ1) is 14.4. The molecule has 0 saturated carbocycles. The van der Waals surface area contributed by atoms with Crippen molar-refractivity contribution >= 4 is 11.9 Å². The maximum Gasteiger partial charge on any atom is 0.330 e. The summed E-state index contributed by atoms with van der Waals surface area (Å²) in [5.41, 5.74) is 0.946. The van der Waals surface area contributed by atoms with Crippen LogP contribution in [0, 0.1) is 0 Å². The van der Waals surface area contributed by atoms with Crippen LogP contribution in [-0.4, -0.2) is 22.2 Å². The second kappa shape index (κ2) is 23.7. The van der Waals surface area contributed by atoms with Crippen molar-refractivity contribution in [1.29, 1.82) is 0 Å². The molecule has 0 aromatic carbocycles. The fourth-order valence-corrected chi connectivity index (χ4v) is 3.01. The van der Waals surface area contributed by atoms with Gasteiger partial charge in [0.2, 0.25) is 0 Å². The number of carbonyl (C=O) groups is 2. The van der Waals surface area contributed by atoms with Crippen LogP contribution in [0.3, 0.4) is 0 Å². The Labute approximate surface area is 185 Å². The van der Waals surface area contributed by atoms with Gasteiger partial charge in [-0.05, 0) is 39.5 Å². The molecule has 0 aliphatic rings. The van der Waals surface area contributed by atoms with E-state index < -0.39 is 11.9 Å². The highest BCUT2D eigenvalue weighted by atomic mass is 16.4. The van der Waals surface area contributed by atoms with Crippen LogP contribution in [0.25, 0.3) is 0 Å². The molecule has 0 heterocycles. The lowest BCUT2D eigenvalue weighted by Crippen LogP contribution is -1.95. The highest BCUT2D eigenvalue weighted by Crippen LogP contribution is 2.10. The minimum Gasteiger partial charge on any atom is -0.478 e. The van der Waals surface area contributed by atoms with E-state index in [2.05, 4.69) is 13.8 Å². The van der Waals surface area contributed by atoms with Crippen LogP contribution in [0.15, 0.2) is 23.3 Å². The molecule has 0 aromatic rings. The van der Waals surface area contributed by atoms with Gasteiger partial charge in [0.05, 0.1) is 0 Å². The average molecular weight is 425 g/mol. The van der Waals surface area contributed by atoms with Gasteiger partial charge in [0.25, 0.3) is 0 Å². The Morgan fingerprint density at radius 3 is 1.07 bits per heavy atom. The molecular formula is C26H48O4. The van der Waals surface area contributed by atoms with E-state index in [9.17, 15) is 9.59 Å². The number of rotatable bonds is 18. The van der Waals surface area contributed by atoms with Crippen molar-refractivity contribution in [3.63, 3.8) is 0 Å². The van der Waals surface area contributed by atoms with Crippen LogP contribution in [0.5, 0.6) is 0 Å². The Hall–Kier alpha value is -1.58. The summed E-state index contributed by atoms with van der Waals surface area (Å²) < 4.78 is 0. The van der Waals surface area contributed by atoms with Gasteiger partial charge in [-0.2, -0.15) is 0 Å². The normalized spacial score (nSPS) is 11.7. The van der Waals surface area contributed by atoms with Crippen molar-refractivity contribution < 1.29 is 19.8 Å². The third kappa shape index (κ3) is 24.5. The van der Waals surface area contributed by atoms with Crippen molar-refractivity contribution in [2.24, 2.45) is 0 Å². The molecule has 0 bridgehead atoms. The van der Waals surface area contributed by atoms with E-state index in [1.165, 1.54) is 77.0 Å². The first kappa shape index (κ1) is 30.6. The smallest absolute Gasteiger partial charge is 0.330 e. The molecule has 0 fully saturated rings. The van der Waals surface area contributed by atoms with Crippen molar-refractivity contribution in [2.45, 2.75) is 130 Å². The Morgan fingerprint density at radius 2 is 0.800 bits per heavy atom. The van der Waals surface area contributed by atoms with Gasteiger partial charge in [0, 0.05) is 11.1 Å². The molecule has 0 aliphatic heterocycles. The molecule has 0 radical (unpaired) electrons. The zero-order valence-electron chi connectivity index (χ0n) is 20.2. The van der Waals surface area contributed by atoms with Crippen LogP contribution in [0.2, 0.25) is 0 Å². The topological polar surface area (TPSA) is 74.6 Å². The Kier molecular flexibility index (Phi) is 24.2. The fraction of sp³-hybridized carbons (Fsp3) is 0.769. The average Bonchev–Trinajstić information content (AvgIpc) is 2.71. The van der Waals surface area contributed by atoms with E-state index in [-0.39, 0.29) is 0 Å². The lowest BCUT2D eigenvalue weighted by atomic mass is 10.1. The standard InChI is InChI=1S/C14H26O2.C12H22O2/c1-3-4-5-6-7-8-9-10-11-12-13(2)14(15)16;1-3-4-5-6-7-8-9-10-11(2)12(13)14/h12H,3-11H2,1-2H3,(H,15,16);10H,3-9H2,1-2H3,(H,13,14)/b13-12+;11-10+. The molecule has 0 aliphatic carbocycles. The molecule has 4 heteroatoms. The molecule has 0 atom stereocenters. The van der Waals surface area contributed by atoms with Gasteiger partial charge in [-0.15, -0.1) is 0 Å². The number of unbranched alkanes of at least 4 members (excludes halogenated alkanes) is 14. The highest BCUT2D eigenvalue weighted by Gasteiger charge is 1.98. The summed E-state index contributed by atoms with van der Waals surface area (Å²) in [7, 11) is 0. The second-order valence-corrected chi connectivity index (χ2v) is 8.20. The van der Waals surface area contributed by atoms with E-state index >= 15 is 0 Å². The van der Waals surface area contributed by atoms with Crippen molar-refractivity contribution in [1.82, 2.24) is 0 Å². The molecule has 0 spiro atoms. The van der Waals surface area contributed by atoms with Gasteiger partial charge in [-0.1, -0.05) is 103 Å². The molecule has 0 amide bonds. The van der Waals surface area contributed by atoms with Gasteiger partial charge < -0.3 is 10.2 Å². The van der Waals surface area contributed by atoms with Crippen molar-refractivity contribution in [2.75, 3.05) is 0 Å². The van der Waals surface area contributed by atoms with Gasteiger partial charge in [-0.3, -0.25) is 0 Å². The molecule has 30 heavy (non-hydrogen) atoms. The van der Waals surface area contributed by atoms with Gasteiger partial charge in [0.15, 0.2) is 0 Å². The van der Waals surface area contributed by atoms with Gasteiger partial charge >= 0.3 is 11.9 Å². The molecule has 0 aromatic heterocycles. The van der Waals surface area contributed by atoms with Crippen LogP contribution < -0.4 is 0 Å². The maximum absolute atomic E-state index is 10.5. The molecule has 0 saturated heterocycles. The highest BCUT2D eigenvalue weighted by molar-refractivity contribution is 5.86. The van der Waals surface area contributed by atoms with Crippen molar-refractivity contribution in [3.8, 4) is 0 Å². The summed E-state index contributed by atoms with van der Waals surface area (Å²) in [6.07, 6.45) is 23.4. The van der Waals surface area contributed by atoms with E-state index in [4.69, 9.17) is 10.2 Å². The summed E-state index contributed by atoms with van der Waals surface area (Å²) >= 11 is 0. The molecule has 176 valence electrons. The van der Waals surface area contributed by atoms with E-state index in [0.717, 1.165) is 25.7 Å². The quantitative estimate of drug-likeness (QED) is 0.171. The number of carboxylic acids is 2. The summed E-state index contributed by atoms with van der Waals surface area (Å²) in [6.45, 7) is 7.75. The number of carboxylic acid groups (broad SMARTS) is 2. The zero-order valence-corrected chi connectivity index (χ0v) is 20.2. The van der Waals surface area contributed by atoms with E-state index in [0.29, 0.717) is 11.1 Å². The SMILES string of the molecule is CCCCCCCC/C=C(\C)C(=O)O.CCCCCCCCCC/C=C(\C)C(=O)O. The monoisotopic (exact) mass is 424 g/mol. The van der Waals surface area contributed by atoms with Crippen LogP contribution in [0.1, 0.15) is 130 Å². The Balaban J connectivity index is 0. The summed E-state index contributed by atoms with van der Waals surface area (Å²) in [5, 5.41) is 17.2. The van der Waals surface area contributed by atoms with Crippen LogP contribution >= 0.6 is 0 Å². The van der Waals surface area contributed by atoms with E-state index in [1.807, 2.05) is 12.2 Å². The second-order valence-electron chi connectivity index (χ2n) is 8.20. The van der Waals surface area contributed by atoms with Crippen molar-refractivity contribution in [3.05, 3.63) is 23.3 Å². The van der Waals surface area contributed by atoms with Gasteiger partial charge in [0.1, 0.15) is 0 Å². The molecule has 0 rings (SSSR count). The zero-order chi connectivity index (χ0) is 23.0. The summed E-state index contributed by atoms with van der Waals surface area (Å²) in [6, 6.07) is 0. The predicted molar refractivity (Wildman–Crippen MR) is 128 cm³/mol. The first-order valence-electron chi connectivity index (χ1n) is 12.2. The minimum atomic E-state index is -0.795. The predicted octanol–water partition coefficient (Wildman–Crippen LogP) is 8.32. The largest absolute Gasteiger partial charge is 0.478 e. The first-order valence-corrected chi connectivity index (χ1v) is 12.2. The van der Waals surface area contributed by atoms with Gasteiger partial charge in [-0.25, -0.2) is 9.59 Å². The third-order valence-electron chi connectivity index (χ3n) is 5.19. The number of aliphatic carboxylic acids is 2. The van der Waals surface area contributed by atoms with Crippen LogP contribution in [0.4, 0.5) is 0 Å². The Bertz CT molecular complexity index is 477. The lowest BCUT2D eigenvalue weighted by molar-refractivity contribution is -0.133. The van der Waals surface area contributed by atoms with Crippen LogP contribution in [-0.2, 0) is 9.59 Å². The Morgan fingerprint density at radius 1 is 0.533 bits per heavy atom. The van der Waals surface area contributed by atoms with E-state index in [1.54, 1.807) is 13.8 Å². The lowest BCUT2D eigenvalue weighted by Gasteiger charge is -2.00. The number of hydrogen-bond donors (Lipinski definition) is 2. The summed E-state index contributed by atoms with van der Waals surface area (Å²) in [5.74, 6) is -1.59.